The maximum Gasteiger partial charge on any atom is 0.348 e. The molecule has 3 aliphatic rings. The van der Waals surface area contributed by atoms with Crippen molar-refractivity contribution in [2.45, 2.75) is 39.7 Å². The Kier molecular flexibility index (Phi) is 2.57. The molecule has 2 fully saturated rings. The van der Waals surface area contributed by atoms with Crippen molar-refractivity contribution in [1.29, 1.82) is 0 Å². The number of cyclic esters (lactones) is 1. The van der Waals surface area contributed by atoms with Crippen molar-refractivity contribution in [2.75, 3.05) is 6.61 Å². The van der Waals surface area contributed by atoms with Gasteiger partial charge in [0.2, 0.25) is 6.10 Å². The monoisotopic (exact) mass is 264 g/mol. The fourth-order valence-electron chi connectivity index (χ4n) is 3.55. The molecule has 2 bridgehead atoms. The van der Waals surface area contributed by atoms with Gasteiger partial charge in [0, 0.05) is 5.41 Å². The number of esters is 2. The first-order valence-electron chi connectivity index (χ1n) is 6.88. The van der Waals surface area contributed by atoms with Gasteiger partial charge in [-0.3, -0.25) is 4.79 Å². The van der Waals surface area contributed by atoms with Crippen LogP contribution in [0, 0.1) is 22.7 Å². The smallest absolute Gasteiger partial charge is 0.348 e. The Labute approximate surface area is 113 Å². The normalized spacial score (nSPS) is 42.5. The lowest BCUT2D eigenvalue weighted by Crippen LogP contribution is -2.39. The maximum absolute atomic E-state index is 12.4. The third kappa shape index (κ3) is 1.88. The minimum Gasteiger partial charge on any atom is -0.462 e. The molecule has 2 aliphatic carbocycles. The first kappa shape index (κ1) is 12.7. The summed E-state index contributed by atoms with van der Waals surface area (Å²) in [5.41, 5.74) is -0.518. The molecule has 0 N–H and O–H groups in total. The lowest BCUT2D eigenvalue weighted by molar-refractivity contribution is -0.168. The molecule has 1 saturated carbocycles. The largest absolute Gasteiger partial charge is 0.462 e. The highest BCUT2D eigenvalue weighted by Gasteiger charge is 2.52. The Hall–Kier alpha value is -1.32. The predicted molar refractivity (Wildman–Crippen MR) is 68.1 cm³/mol. The molecule has 4 heteroatoms. The zero-order chi connectivity index (χ0) is 13.8. The third-order valence-corrected chi connectivity index (χ3v) is 4.81. The molecule has 0 spiro atoms. The van der Waals surface area contributed by atoms with E-state index < -0.39 is 17.5 Å². The summed E-state index contributed by atoms with van der Waals surface area (Å²) < 4.78 is 10.5. The highest BCUT2D eigenvalue weighted by atomic mass is 16.6. The molecule has 1 aliphatic heterocycles. The minimum absolute atomic E-state index is 0.0889. The van der Waals surface area contributed by atoms with E-state index in [1.807, 2.05) is 13.8 Å². The number of carbonyl (C=O) groups is 2. The van der Waals surface area contributed by atoms with Crippen LogP contribution in [-0.4, -0.2) is 24.6 Å². The van der Waals surface area contributed by atoms with Gasteiger partial charge in [0.05, 0.1) is 5.92 Å². The van der Waals surface area contributed by atoms with Crippen LogP contribution in [0.4, 0.5) is 0 Å². The second-order valence-corrected chi connectivity index (χ2v) is 7.03. The molecule has 0 aromatic rings. The first-order valence-corrected chi connectivity index (χ1v) is 6.88. The highest BCUT2D eigenvalue weighted by Crippen LogP contribution is 2.53. The molecule has 1 heterocycles. The van der Waals surface area contributed by atoms with Crippen LogP contribution in [0.3, 0.4) is 0 Å². The van der Waals surface area contributed by atoms with Gasteiger partial charge < -0.3 is 9.47 Å². The van der Waals surface area contributed by atoms with Crippen molar-refractivity contribution in [3.63, 3.8) is 0 Å². The number of carbonyl (C=O) groups excluding carboxylic acids is 2. The zero-order valence-corrected chi connectivity index (χ0v) is 11.6. The number of ether oxygens (including phenoxy) is 2. The van der Waals surface area contributed by atoms with Crippen molar-refractivity contribution in [3.8, 4) is 0 Å². The number of fused-ring (bicyclic) bond motifs is 2. The third-order valence-electron chi connectivity index (χ3n) is 4.81. The number of hydrogen-bond acceptors (Lipinski definition) is 4. The molecule has 104 valence electrons. The van der Waals surface area contributed by atoms with E-state index in [0.29, 0.717) is 12.5 Å². The zero-order valence-electron chi connectivity index (χ0n) is 11.6. The van der Waals surface area contributed by atoms with Crippen molar-refractivity contribution < 1.29 is 19.1 Å². The summed E-state index contributed by atoms with van der Waals surface area (Å²) in [5.74, 6) is -0.286. The Balaban J connectivity index is 1.73. The summed E-state index contributed by atoms with van der Waals surface area (Å²) in [6.07, 6.45) is 5.42. The first-order chi connectivity index (χ1) is 8.82. The van der Waals surface area contributed by atoms with E-state index in [9.17, 15) is 9.59 Å². The summed E-state index contributed by atoms with van der Waals surface area (Å²) in [7, 11) is 0. The van der Waals surface area contributed by atoms with Crippen LogP contribution in [0.2, 0.25) is 0 Å². The fourth-order valence-corrected chi connectivity index (χ4v) is 3.55. The number of allylic oxidation sites excluding steroid dienone is 2. The van der Waals surface area contributed by atoms with Gasteiger partial charge in [0.1, 0.15) is 6.61 Å². The van der Waals surface area contributed by atoms with Gasteiger partial charge >= 0.3 is 11.9 Å². The molecule has 0 amide bonds. The van der Waals surface area contributed by atoms with E-state index in [1.54, 1.807) is 0 Å². The summed E-state index contributed by atoms with van der Waals surface area (Å²) in [5, 5.41) is 0. The standard InChI is InChI=1S/C15H20O4/c1-14(2)8-18-13(17)11(14)19-12(16)10-6-9-4-5-15(10,3)7-9/h4-5,9-11H,6-8H2,1-3H3/t9-,10-,11-,15-/m0/s1. The number of rotatable bonds is 2. The highest BCUT2D eigenvalue weighted by molar-refractivity contribution is 5.83. The van der Waals surface area contributed by atoms with E-state index in [4.69, 9.17) is 9.47 Å². The van der Waals surface area contributed by atoms with Gasteiger partial charge in [-0.05, 0) is 24.2 Å². The Morgan fingerprint density at radius 1 is 1.42 bits per heavy atom. The predicted octanol–water partition coefficient (Wildman–Crippen LogP) is 2.08. The van der Waals surface area contributed by atoms with Crippen molar-refractivity contribution >= 4 is 11.9 Å². The minimum atomic E-state index is -0.758. The summed E-state index contributed by atoms with van der Waals surface area (Å²) >= 11 is 0. The summed E-state index contributed by atoms with van der Waals surface area (Å²) in [6, 6.07) is 0. The van der Waals surface area contributed by atoms with E-state index in [0.717, 1.165) is 12.8 Å². The molecule has 0 aromatic carbocycles. The van der Waals surface area contributed by atoms with Crippen LogP contribution < -0.4 is 0 Å². The van der Waals surface area contributed by atoms with Gasteiger partial charge in [-0.25, -0.2) is 4.79 Å². The molecule has 4 nitrogen and oxygen atoms in total. The topological polar surface area (TPSA) is 52.6 Å². The molecule has 4 atom stereocenters. The van der Waals surface area contributed by atoms with Crippen LogP contribution in [-0.2, 0) is 19.1 Å². The van der Waals surface area contributed by atoms with E-state index >= 15 is 0 Å². The van der Waals surface area contributed by atoms with E-state index in [2.05, 4.69) is 19.1 Å². The van der Waals surface area contributed by atoms with Crippen LogP contribution in [0.5, 0.6) is 0 Å². The van der Waals surface area contributed by atoms with Gasteiger partial charge in [-0.1, -0.05) is 32.9 Å². The molecule has 0 radical (unpaired) electrons. The summed E-state index contributed by atoms with van der Waals surface area (Å²) in [4.78, 5) is 24.0. The molecule has 3 rings (SSSR count). The second-order valence-electron chi connectivity index (χ2n) is 7.03. The molecular formula is C15H20O4. The average molecular weight is 264 g/mol. The average Bonchev–Trinajstić information content (AvgIpc) is 2.94. The Morgan fingerprint density at radius 2 is 2.16 bits per heavy atom. The molecule has 0 unspecified atom stereocenters. The quantitative estimate of drug-likeness (QED) is 0.566. The Morgan fingerprint density at radius 3 is 2.63 bits per heavy atom. The van der Waals surface area contributed by atoms with Crippen molar-refractivity contribution in [1.82, 2.24) is 0 Å². The molecule has 1 saturated heterocycles. The maximum atomic E-state index is 12.4. The number of hydrogen-bond donors (Lipinski definition) is 0. The lowest BCUT2D eigenvalue weighted by atomic mass is 9.80. The molecule has 0 aromatic heterocycles. The van der Waals surface area contributed by atoms with Gasteiger partial charge in [-0.15, -0.1) is 0 Å². The van der Waals surface area contributed by atoms with Gasteiger partial charge in [0.15, 0.2) is 0 Å². The van der Waals surface area contributed by atoms with Crippen LogP contribution in [0.1, 0.15) is 33.6 Å². The van der Waals surface area contributed by atoms with Crippen LogP contribution >= 0.6 is 0 Å². The summed E-state index contributed by atoms with van der Waals surface area (Å²) in [6.45, 7) is 6.19. The van der Waals surface area contributed by atoms with Gasteiger partial charge in [-0.2, -0.15) is 0 Å². The van der Waals surface area contributed by atoms with Gasteiger partial charge in [0.25, 0.3) is 0 Å². The fraction of sp³-hybridized carbons (Fsp3) is 0.733. The van der Waals surface area contributed by atoms with Crippen molar-refractivity contribution in [3.05, 3.63) is 12.2 Å². The molecular weight excluding hydrogens is 244 g/mol. The van der Waals surface area contributed by atoms with Crippen LogP contribution in [0.15, 0.2) is 12.2 Å². The molecule has 19 heavy (non-hydrogen) atoms. The Bertz CT molecular complexity index is 465. The second kappa shape index (κ2) is 3.84. The van der Waals surface area contributed by atoms with Crippen molar-refractivity contribution in [2.24, 2.45) is 22.7 Å². The lowest BCUT2D eigenvalue weighted by Gasteiger charge is -2.29. The van der Waals surface area contributed by atoms with Crippen LogP contribution in [0.25, 0.3) is 0 Å². The van der Waals surface area contributed by atoms with E-state index in [1.165, 1.54) is 0 Å². The van der Waals surface area contributed by atoms with E-state index in [-0.39, 0.29) is 17.3 Å². The SMILES string of the molecule is CC1(C)COC(=O)[C@@H]1OC(=O)[C@@H]1C[C@@H]2C=C[C@@]1(C)C2.